The lowest BCUT2D eigenvalue weighted by Gasteiger charge is -2.12. The van der Waals surface area contributed by atoms with Crippen molar-refractivity contribution in [1.82, 2.24) is 9.55 Å². The number of rotatable bonds is 7. The van der Waals surface area contributed by atoms with Crippen LogP contribution in [0.5, 0.6) is 5.75 Å². The zero-order valence-corrected chi connectivity index (χ0v) is 17.3. The van der Waals surface area contributed by atoms with E-state index in [1.54, 1.807) is 24.0 Å². The number of non-ortho nitro benzene ring substituents is 1. The Morgan fingerprint density at radius 2 is 1.90 bits per heavy atom. The quantitative estimate of drug-likeness (QED) is 0.324. The molecule has 0 bridgehead atoms. The van der Waals surface area contributed by atoms with Crippen LogP contribution in [0.25, 0.3) is 16.9 Å². The first-order valence-electron chi connectivity index (χ1n) is 9.83. The van der Waals surface area contributed by atoms with E-state index in [-0.39, 0.29) is 5.69 Å². The minimum absolute atomic E-state index is 0.0199. The van der Waals surface area contributed by atoms with Crippen LogP contribution in [0, 0.1) is 17.0 Å². The second kappa shape index (κ2) is 8.71. The molecule has 4 aromatic rings. The van der Waals surface area contributed by atoms with E-state index in [2.05, 4.69) is 10.3 Å². The number of nitrogens with one attached hydrogen (secondary N) is 1. The molecule has 156 valence electrons. The van der Waals surface area contributed by atoms with E-state index in [0.29, 0.717) is 12.3 Å². The summed E-state index contributed by atoms with van der Waals surface area (Å²) in [5.74, 6) is 0.738. The molecular weight excluding hydrogens is 392 g/mol. The lowest BCUT2D eigenvalue weighted by atomic mass is 10.1. The van der Waals surface area contributed by atoms with Crippen LogP contribution in [-0.4, -0.2) is 21.5 Å². The molecule has 7 nitrogen and oxygen atoms in total. The Labute approximate surface area is 180 Å². The zero-order valence-electron chi connectivity index (χ0n) is 17.3. The van der Waals surface area contributed by atoms with Crippen molar-refractivity contribution in [3.63, 3.8) is 0 Å². The van der Waals surface area contributed by atoms with E-state index in [4.69, 9.17) is 4.74 Å². The summed E-state index contributed by atoms with van der Waals surface area (Å²) in [5.41, 5.74) is 5.17. The summed E-state index contributed by atoms with van der Waals surface area (Å²) < 4.78 is 7.89. The highest BCUT2D eigenvalue weighted by atomic mass is 16.6. The van der Waals surface area contributed by atoms with Gasteiger partial charge in [-0.15, -0.1) is 0 Å². The number of aryl methyl sites for hydroxylation is 1. The topological polar surface area (TPSA) is 82.2 Å². The summed E-state index contributed by atoms with van der Waals surface area (Å²) in [5, 5.41) is 14.3. The van der Waals surface area contributed by atoms with Crippen molar-refractivity contribution in [2.75, 3.05) is 12.4 Å². The molecule has 0 radical (unpaired) electrons. The molecule has 1 N–H and O–H groups in total. The van der Waals surface area contributed by atoms with Crippen LogP contribution in [0.3, 0.4) is 0 Å². The fourth-order valence-electron chi connectivity index (χ4n) is 3.35. The summed E-state index contributed by atoms with van der Waals surface area (Å²) in [7, 11) is 1.78. The average Bonchev–Trinajstić information content (AvgIpc) is 3.27. The highest BCUT2D eigenvalue weighted by molar-refractivity contribution is 5.70. The molecule has 7 heteroatoms. The Morgan fingerprint density at radius 1 is 1.10 bits per heavy atom. The molecule has 0 amide bonds. The van der Waals surface area contributed by atoms with Crippen molar-refractivity contribution in [3.05, 3.63) is 100 Å². The largest absolute Gasteiger partial charge is 0.488 e. The number of nitrogens with zero attached hydrogens (tertiary/aromatic N) is 3. The van der Waals surface area contributed by atoms with Gasteiger partial charge in [-0.05, 0) is 36.2 Å². The van der Waals surface area contributed by atoms with Crippen molar-refractivity contribution in [2.45, 2.75) is 13.5 Å². The molecule has 0 saturated carbocycles. The molecule has 0 aliphatic heterocycles. The fourth-order valence-corrected chi connectivity index (χ4v) is 3.35. The maximum Gasteiger partial charge on any atom is 0.271 e. The highest BCUT2D eigenvalue weighted by Gasteiger charge is 2.15. The van der Waals surface area contributed by atoms with Crippen molar-refractivity contribution in [2.24, 2.45) is 0 Å². The van der Waals surface area contributed by atoms with Gasteiger partial charge >= 0.3 is 0 Å². The monoisotopic (exact) mass is 414 g/mol. The molecule has 0 aliphatic rings. The van der Waals surface area contributed by atoms with Crippen molar-refractivity contribution in [1.29, 1.82) is 0 Å². The first kappa shape index (κ1) is 20.2. The van der Waals surface area contributed by atoms with Gasteiger partial charge in [0.25, 0.3) is 5.69 Å². The molecular formula is C24H22N4O3. The Bertz CT molecular complexity index is 1220. The third kappa shape index (κ3) is 4.40. The summed E-state index contributed by atoms with van der Waals surface area (Å²) in [6, 6.07) is 20.6. The lowest BCUT2D eigenvalue weighted by Crippen LogP contribution is -2.00. The number of nitro groups is 1. The number of imidazole rings is 1. The maximum atomic E-state index is 11.2. The second-order valence-corrected chi connectivity index (χ2v) is 7.15. The number of benzene rings is 3. The summed E-state index contributed by atoms with van der Waals surface area (Å²) in [6.07, 6.45) is 3.50. The Kier molecular flexibility index (Phi) is 5.66. The second-order valence-electron chi connectivity index (χ2n) is 7.15. The molecule has 31 heavy (non-hydrogen) atoms. The van der Waals surface area contributed by atoms with Crippen LogP contribution in [0.15, 0.2) is 79.3 Å². The van der Waals surface area contributed by atoms with Crippen molar-refractivity contribution < 1.29 is 9.66 Å². The van der Waals surface area contributed by atoms with Crippen LogP contribution in [0.2, 0.25) is 0 Å². The Balaban J connectivity index is 1.68. The molecule has 0 unspecified atom stereocenters. The molecule has 3 aromatic carbocycles. The van der Waals surface area contributed by atoms with Crippen LogP contribution < -0.4 is 10.1 Å². The van der Waals surface area contributed by atoms with Gasteiger partial charge in [-0.3, -0.25) is 10.1 Å². The summed E-state index contributed by atoms with van der Waals surface area (Å²) >= 11 is 0. The van der Waals surface area contributed by atoms with E-state index in [1.165, 1.54) is 12.1 Å². The fraction of sp³-hybridized carbons (Fsp3) is 0.125. The molecule has 1 heterocycles. The lowest BCUT2D eigenvalue weighted by molar-refractivity contribution is -0.384. The summed E-state index contributed by atoms with van der Waals surface area (Å²) in [4.78, 5) is 15.4. The molecule has 1 aromatic heterocycles. The van der Waals surface area contributed by atoms with E-state index < -0.39 is 4.92 Å². The Hall–Kier alpha value is -4.13. The predicted octanol–water partition coefficient (Wildman–Crippen LogP) is 5.38. The molecule has 0 fully saturated rings. The van der Waals surface area contributed by atoms with Crippen molar-refractivity contribution >= 4 is 11.4 Å². The van der Waals surface area contributed by atoms with Crippen LogP contribution in [0.1, 0.15) is 11.1 Å². The number of hydrogen-bond acceptors (Lipinski definition) is 5. The number of anilines is 1. The van der Waals surface area contributed by atoms with Crippen LogP contribution >= 0.6 is 0 Å². The van der Waals surface area contributed by atoms with E-state index in [1.807, 2.05) is 61.7 Å². The highest BCUT2D eigenvalue weighted by Crippen LogP contribution is 2.32. The van der Waals surface area contributed by atoms with Gasteiger partial charge in [-0.1, -0.05) is 36.4 Å². The zero-order chi connectivity index (χ0) is 21.8. The molecule has 4 rings (SSSR count). The number of aromatic nitrogens is 2. The third-order valence-electron chi connectivity index (χ3n) is 4.97. The van der Waals surface area contributed by atoms with E-state index in [0.717, 1.165) is 33.8 Å². The predicted molar refractivity (Wildman–Crippen MR) is 121 cm³/mol. The standard InChI is InChI=1S/C24H22N4O3/c1-17-8-10-20(24(12-17)31-15-18-6-4-3-5-7-18)22-14-27(16-26-22)23-13-19(28(29)30)9-11-21(23)25-2/h3-14,16,25H,15H2,1-2H3. The molecule has 0 spiro atoms. The van der Waals surface area contributed by atoms with Gasteiger partial charge in [0, 0.05) is 30.9 Å². The first-order chi connectivity index (χ1) is 15.0. The third-order valence-corrected chi connectivity index (χ3v) is 4.97. The van der Waals surface area contributed by atoms with E-state index in [9.17, 15) is 10.1 Å². The van der Waals surface area contributed by atoms with Crippen molar-refractivity contribution in [3.8, 4) is 22.7 Å². The van der Waals surface area contributed by atoms with Crippen LogP contribution in [0.4, 0.5) is 11.4 Å². The van der Waals surface area contributed by atoms with E-state index >= 15 is 0 Å². The Morgan fingerprint density at radius 3 is 2.65 bits per heavy atom. The van der Waals surface area contributed by atoms with Gasteiger partial charge < -0.3 is 14.6 Å². The molecule has 0 aliphatic carbocycles. The first-order valence-corrected chi connectivity index (χ1v) is 9.83. The van der Waals surface area contributed by atoms with Gasteiger partial charge in [0.15, 0.2) is 0 Å². The van der Waals surface area contributed by atoms with Gasteiger partial charge in [0.1, 0.15) is 12.4 Å². The molecule has 0 saturated heterocycles. The number of ether oxygens (including phenoxy) is 1. The average molecular weight is 414 g/mol. The van der Waals surface area contributed by atoms with Gasteiger partial charge in [-0.2, -0.15) is 0 Å². The number of nitro benzene ring substituents is 1. The van der Waals surface area contributed by atoms with Gasteiger partial charge in [0.2, 0.25) is 0 Å². The maximum absolute atomic E-state index is 11.2. The minimum atomic E-state index is -0.406. The normalized spacial score (nSPS) is 10.6. The number of hydrogen-bond donors (Lipinski definition) is 1. The van der Waals surface area contributed by atoms with Gasteiger partial charge in [-0.25, -0.2) is 4.98 Å². The summed E-state index contributed by atoms with van der Waals surface area (Å²) in [6.45, 7) is 2.47. The SMILES string of the molecule is CNc1ccc([N+](=O)[O-])cc1-n1cnc(-c2ccc(C)cc2OCc2ccccc2)c1. The molecule has 0 atom stereocenters. The smallest absolute Gasteiger partial charge is 0.271 e. The van der Waals surface area contributed by atoms with Gasteiger partial charge in [0.05, 0.1) is 28.3 Å². The minimum Gasteiger partial charge on any atom is -0.488 e. The van der Waals surface area contributed by atoms with Crippen LogP contribution in [-0.2, 0) is 6.61 Å².